The van der Waals surface area contributed by atoms with Gasteiger partial charge in [-0.2, -0.15) is 0 Å². The number of rotatable bonds is 6. The van der Waals surface area contributed by atoms with E-state index in [1.807, 2.05) is 48.5 Å². The van der Waals surface area contributed by atoms with E-state index in [9.17, 15) is 9.59 Å². The van der Waals surface area contributed by atoms with Crippen molar-refractivity contribution in [2.24, 2.45) is 0 Å². The third-order valence-corrected chi connectivity index (χ3v) is 5.54. The topological polar surface area (TPSA) is 86.9 Å². The summed E-state index contributed by atoms with van der Waals surface area (Å²) in [5.41, 5.74) is 4.83. The second-order valence-corrected chi connectivity index (χ2v) is 7.62. The molecule has 0 spiro atoms. The van der Waals surface area contributed by atoms with Gasteiger partial charge in [-0.15, -0.1) is 0 Å². The van der Waals surface area contributed by atoms with Gasteiger partial charge in [0.25, 0.3) is 11.8 Å². The highest BCUT2D eigenvalue weighted by Crippen LogP contribution is 2.23. The van der Waals surface area contributed by atoms with Gasteiger partial charge in [-0.05, 0) is 54.1 Å². The lowest BCUT2D eigenvalue weighted by Crippen LogP contribution is -2.17. The Morgan fingerprint density at radius 2 is 1.57 bits per heavy atom. The summed E-state index contributed by atoms with van der Waals surface area (Å²) in [6.45, 7) is 0. The van der Waals surface area contributed by atoms with Gasteiger partial charge >= 0.3 is 0 Å². The molecule has 0 saturated heterocycles. The van der Waals surface area contributed by atoms with Crippen molar-refractivity contribution in [2.45, 2.75) is 10.9 Å². The van der Waals surface area contributed by atoms with Crippen molar-refractivity contribution in [3.8, 4) is 0 Å². The van der Waals surface area contributed by atoms with Crippen molar-refractivity contribution in [3.63, 3.8) is 0 Å². The molecule has 0 saturated carbocycles. The quantitative estimate of drug-likeness (QED) is 0.405. The maximum absolute atomic E-state index is 12.5. The van der Waals surface area contributed by atoms with E-state index in [2.05, 4.69) is 20.6 Å². The van der Waals surface area contributed by atoms with Gasteiger partial charge in [-0.1, -0.05) is 36.0 Å². The molecule has 2 amide bonds. The Bertz CT molecular complexity index is 1150. The molecule has 3 N–H and O–H groups in total. The molecule has 0 aliphatic rings. The van der Waals surface area contributed by atoms with E-state index in [1.54, 1.807) is 43.1 Å². The van der Waals surface area contributed by atoms with Crippen LogP contribution in [-0.2, 0) is 5.75 Å². The average molecular weight is 417 g/mol. The number of anilines is 1. The first-order valence-electron chi connectivity index (χ1n) is 9.42. The van der Waals surface area contributed by atoms with Gasteiger partial charge in [0.2, 0.25) is 0 Å². The smallest absolute Gasteiger partial charge is 0.255 e. The van der Waals surface area contributed by atoms with E-state index in [0.717, 1.165) is 27.5 Å². The molecule has 6 nitrogen and oxygen atoms in total. The molecular formula is C23H20N4O2S. The predicted octanol–water partition coefficient (Wildman–Crippen LogP) is 4.47. The number of H-pyrrole nitrogens is 1. The summed E-state index contributed by atoms with van der Waals surface area (Å²) in [4.78, 5) is 31.9. The molecule has 4 rings (SSSR count). The number of benzene rings is 3. The van der Waals surface area contributed by atoms with Crippen molar-refractivity contribution in [3.05, 3.63) is 89.5 Å². The second-order valence-electron chi connectivity index (χ2n) is 6.66. The van der Waals surface area contributed by atoms with E-state index in [-0.39, 0.29) is 11.8 Å². The Morgan fingerprint density at radius 3 is 2.27 bits per heavy atom. The molecule has 0 bridgehead atoms. The Morgan fingerprint density at radius 1 is 0.900 bits per heavy atom. The fraction of sp³-hybridized carbons (Fsp3) is 0.0870. The maximum atomic E-state index is 12.5. The molecule has 30 heavy (non-hydrogen) atoms. The number of fused-ring (bicyclic) bond motifs is 1. The highest BCUT2D eigenvalue weighted by atomic mass is 32.2. The van der Waals surface area contributed by atoms with Gasteiger partial charge in [0.1, 0.15) is 0 Å². The monoisotopic (exact) mass is 416 g/mol. The predicted molar refractivity (Wildman–Crippen MR) is 120 cm³/mol. The van der Waals surface area contributed by atoms with Crippen LogP contribution in [0.5, 0.6) is 0 Å². The van der Waals surface area contributed by atoms with Gasteiger partial charge in [0, 0.05) is 29.6 Å². The molecule has 0 atom stereocenters. The first kappa shape index (κ1) is 19.7. The van der Waals surface area contributed by atoms with Crippen molar-refractivity contribution >= 4 is 40.3 Å². The molecule has 0 radical (unpaired) electrons. The number of carbonyl (C=O) groups excluding carboxylic acids is 2. The Labute approximate surface area is 178 Å². The number of nitrogens with zero attached hydrogens (tertiary/aromatic N) is 1. The lowest BCUT2D eigenvalue weighted by Gasteiger charge is -2.07. The maximum Gasteiger partial charge on any atom is 0.255 e. The lowest BCUT2D eigenvalue weighted by molar-refractivity contribution is 0.0962. The zero-order valence-corrected chi connectivity index (χ0v) is 17.1. The molecule has 4 aromatic rings. The lowest BCUT2D eigenvalue weighted by atomic mass is 10.1. The van der Waals surface area contributed by atoms with Crippen molar-refractivity contribution in [1.82, 2.24) is 15.3 Å². The van der Waals surface area contributed by atoms with Gasteiger partial charge in [0.05, 0.1) is 11.0 Å². The molecule has 3 aromatic carbocycles. The van der Waals surface area contributed by atoms with Crippen LogP contribution in [-0.4, -0.2) is 28.8 Å². The molecule has 7 heteroatoms. The van der Waals surface area contributed by atoms with Crippen LogP contribution in [0, 0.1) is 0 Å². The summed E-state index contributed by atoms with van der Waals surface area (Å²) in [7, 11) is 1.58. The normalized spacial score (nSPS) is 10.7. The summed E-state index contributed by atoms with van der Waals surface area (Å²) in [6, 6.07) is 22.2. The summed E-state index contributed by atoms with van der Waals surface area (Å²) >= 11 is 1.62. The first-order valence-corrected chi connectivity index (χ1v) is 10.4. The van der Waals surface area contributed by atoms with Crippen LogP contribution in [0.25, 0.3) is 11.0 Å². The van der Waals surface area contributed by atoms with Crippen molar-refractivity contribution in [2.75, 3.05) is 12.4 Å². The number of imidazole rings is 1. The van der Waals surface area contributed by atoms with Gasteiger partial charge in [-0.3, -0.25) is 9.59 Å². The Balaban J connectivity index is 1.35. The zero-order valence-electron chi connectivity index (χ0n) is 16.3. The van der Waals surface area contributed by atoms with Crippen molar-refractivity contribution in [1.29, 1.82) is 0 Å². The fourth-order valence-corrected chi connectivity index (χ4v) is 3.80. The summed E-state index contributed by atoms with van der Waals surface area (Å²) in [5.74, 6) is 0.394. The number of thioether (sulfide) groups is 1. The van der Waals surface area contributed by atoms with Gasteiger partial charge < -0.3 is 15.6 Å². The van der Waals surface area contributed by atoms with Crippen LogP contribution in [0.15, 0.2) is 78.0 Å². The number of aromatic nitrogens is 2. The molecular weight excluding hydrogens is 396 g/mol. The summed E-state index contributed by atoms with van der Waals surface area (Å²) in [5, 5.41) is 6.28. The first-order chi connectivity index (χ1) is 14.6. The summed E-state index contributed by atoms with van der Waals surface area (Å²) < 4.78 is 0. The molecule has 0 fully saturated rings. The van der Waals surface area contributed by atoms with Crippen LogP contribution in [0.2, 0.25) is 0 Å². The minimum atomic E-state index is -0.195. The third kappa shape index (κ3) is 4.52. The number of carbonyl (C=O) groups is 2. The number of hydrogen-bond acceptors (Lipinski definition) is 4. The third-order valence-electron chi connectivity index (χ3n) is 4.59. The van der Waals surface area contributed by atoms with E-state index in [0.29, 0.717) is 16.8 Å². The highest BCUT2D eigenvalue weighted by molar-refractivity contribution is 7.98. The molecule has 0 unspecified atom stereocenters. The van der Waals surface area contributed by atoms with Crippen LogP contribution >= 0.6 is 11.8 Å². The largest absolute Gasteiger partial charge is 0.355 e. The van der Waals surface area contributed by atoms with Gasteiger partial charge in [0.15, 0.2) is 5.16 Å². The number of amides is 2. The van der Waals surface area contributed by atoms with Crippen molar-refractivity contribution < 1.29 is 9.59 Å². The Kier molecular flexibility index (Phi) is 5.81. The van der Waals surface area contributed by atoms with E-state index >= 15 is 0 Å². The average Bonchev–Trinajstić information content (AvgIpc) is 3.21. The SMILES string of the molecule is CNC(=O)c1ccc(NC(=O)c2ccc(CSc3nc4ccccc4[nH]3)cc2)cc1. The number of hydrogen-bond donors (Lipinski definition) is 3. The molecule has 150 valence electrons. The standard InChI is InChI=1S/C23H20N4O2S/c1-24-21(28)16-10-12-18(13-11-16)25-22(29)17-8-6-15(7-9-17)14-30-23-26-19-4-2-3-5-20(19)27-23/h2-13H,14H2,1H3,(H,24,28)(H,25,29)(H,26,27). The molecule has 1 aromatic heterocycles. The molecule has 0 aliphatic heterocycles. The summed E-state index contributed by atoms with van der Waals surface area (Å²) in [6.07, 6.45) is 0. The second kappa shape index (κ2) is 8.84. The number of para-hydroxylation sites is 2. The fourth-order valence-electron chi connectivity index (χ4n) is 2.95. The van der Waals surface area contributed by atoms with E-state index < -0.39 is 0 Å². The van der Waals surface area contributed by atoms with Gasteiger partial charge in [-0.25, -0.2) is 4.98 Å². The minimum Gasteiger partial charge on any atom is -0.355 e. The van der Waals surface area contributed by atoms with E-state index in [1.165, 1.54) is 0 Å². The highest BCUT2D eigenvalue weighted by Gasteiger charge is 2.08. The minimum absolute atomic E-state index is 0.163. The van der Waals surface area contributed by atoms with E-state index in [4.69, 9.17) is 0 Å². The molecule has 1 heterocycles. The van der Waals surface area contributed by atoms with Crippen LogP contribution in [0.4, 0.5) is 5.69 Å². The number of nitrogens with one attached hydrogen (secondary N) is 3. The Hall–Kier alpha value is -3.58. The zero-order chi connectivity index (χ0) is 20.9. The number of aromatic amines is 1. The van der Waals surface area contributed by atoms with Crippen LogP contribution < -0.4 is 10.6 Å². The van der Waals surface area contributed by atoms with Crippen LogP contribution in [0.1, 0.15) is 26.3 Å². The molecule has 0 aliphatic carbocycles. The van der Waals surface area contributed by atoms with Crippen LogP contribution in [0.3, 0.4) is 0 Å².